The van der Waals surface area contributed by atoms with Gasteiger partial charge in [0.2, 0.25) is 0 Å². The Kier molecular flexibility index (Phi) is 24.8. The smallest absolute Gasteiger partial charge is 0.309 e. The molecular weight excluding hydrogens is 557 g/mol. The van der Waals surface area contributed by atoms with Gasteiger partial charge in [-0.05, 0) is 19.3 Å². The van der Waals surface area contributed by atoms with Gasteiger partial charge in [0.25, 0.3) is 7.82 Å². The highest BCUT2D eigenvalue weighted by molar-refractivity contribution is 7.45. The lowest BCUT2D eigenvalue weighted by Gasteiger charge is -2.28. The highest BCUT2D eigenvalue weighted by Gasteiger charge is 2.25. The van der Waals surface area contributed by atoms with Crippen LogP contribution in [-0.2, 0) is 32.7 Å². The Labute approximate surface area is 257 Å². The van der Waals surface area contributed by atoms with Gasteiger partial charge in [0, 0.05) is 6.42 Å². The number of hydrogen-bond acceptors (Lipinski definition) is 8. The van der Waals surface area contributed by atoms with Crippen LogP contribution in [0.3, 0.4) is 0 Å². The molecule has 0 saturated heterocycles. The summed E-state index contributed by atoms with van der Waals surface area (Å²) in [7, 11) is 1.16. The van der Waals surface area contributed by atoms with Gasteiger partial charge < -0.3 is 27.9 Å². The van der Waals surface area contributed by atoms with E-state index in [1.54, 1.807) is 0 Å². The number of carbonyl (C=O) groups excluding carboxylic acids is 2. The summed E-state index contributed by atoms with van der Waals surface area (Å²) in [5.41, 5.74) is 0. The van der Waals surface area contributed by atoms with Crippen LogP contribution in [0.1, 0.15) is 136 Å². The number of unbranched alkanes of at least 4 members (excludes halogenated alkanes) is 12. The first kappa shape index (κ1) is 41.0. The van der Waals surface area contributed by atoms with Crippen LogP contribution >= 0.6 is 7.82 Å². The lowest BCUT2D eigenvalue weighted by atomic mass is 9.98. The van der Waals surface area contributed by atoms with Gasteiger partial charge in [0.1, 0.15) is 19.8 Å². The quantitative estimate of drug-likeness (QED) is 0.0369. The minimum absolute atomic E-state index is 0.0298. The highest BCUT2D eigenvalue weighted by Crippen LogP contribution is 2.38. The van der Waals surface area contributed by atoms with Crippen LogP contribution in [0, 0.1) is 5.92 Å². The number of ether oxygens (including phenoxy) is 2. The van der Waals surface area contributed by atoms with E-state index in [0.29, 0.717) is 23.9 Å². The van der Waals surface area contributed by atoms with E-state index in [4.69, 9.17) is 18.5 Å². The third-order valence-corrected chi connectivity index (χ3v) is 8.20. The summed E-state index contributed by atoms with van der Waals surface area (Å²) in [6.07, 6.45) is 18.1. The Morgan fingerprint density at radius 1 is 0.714 bits per heavy atom. The van der Waals surface area contributed by atoms with Crippen molar-refractivity contribution in [3.05, 3.63) is 0 Å². The van der Waals surface area contributed by atoms with Crippen molar-refractivity contribution in [2.75, 3.05) is 47.5 Å². The van der Waals surface area contributed by atoms with Crippen LogP contribution in [-0.4, -0.2) is 70.0 Å². The number of phosphoric ester groups is 1. The van der Waals surface area contributed by atoms with E-state index in [1.807, 2.05) is 35.0 Å². The largest absolute Gasteiger partial charge is 0.756 e. The summed E-state index contributed by atoms with van der Waals surface area (Å²) < 4.78 is 33.7. The Morgan fingerprint density at radius 3 is 1.69 bits per heavy atom. The minimum atomic E-state index is -4.61. The molecule has 0 fully saturated rings. The zero-order chi connectivity index (χ0) is 31.7. The topological polar surface area (TPSA) is 111 Å². The van der Waals surface area contributed by atoms with Crippen molar-refractivity contribution in [2.24, 2.45) is 5.92 Å². The molecule has 0 bridgehead atoms. The lowest BCUT2D eigenvalue weighted by molar-refractivity contribution is -0.870. The number of phosphoric acid groups is 1. The minimum Gasteiger partial charge on any atom is -0.756 e. The monoisotopic (exact) mass is 621 g/mol. The van der Waals surface area contributed by atoms with E-state index in [9.17, 15) is 19.0 Å². The van der Waals surface area contributed by atoms with Gasteiger partial charge >= 0.3 is 11.9 Å². The van der Waals surface area contributed by atoms with Crippen LogP contribution in [0.25, 0.3) is 0 Å². The second-order valence-corrected chi connectivity index (χ2v) is 14.0. The third-order valence-electron chi connectivity index (χ3n) is 7.24. The van der Waals surface area contributed by atoms with E-state index in [-0.39, 0.29) is 31.5 Å². The summed E-state index contributed by atoms with van der Waals surface area (Å²) in [6.45, 7) is 5.96. The van der Waals surface area contributed by atoms with Crippen molar-refractivity contribution in [3.8, 4) is 0 Å². The van der Waals surface area contributed by atoms with Crippen molar-refractivity contribution in [2.45, 2.75) is 142 Å². The Balaban J connectivity index is 4.51. The molecule has 9 nitrogen and oxygen atoms in total. The van der Waals surface area contributed by atoms with Gasteiger partial charge in [0.15, 0.2) is 6.10 Å². The molecule has 0 rings (SSSR count). The first-order chi connectivity index (χ1) is 19.9. The molecule has 0 aromatic rings. The molecule has 0 radical (unpaired) electrons. The van der Waals surface area contributed by atoms with E-state index in [1.165, 1.54) is 64.2 Å². The molecule has 0 amide bonds. The summed E-state index contributed by atoms with van der Waals surface area (Å²) in [5, 5.41) is 0. The number of carbonyl (C=O) groups is 2. The van der Waals surface area contributed by atoms with Gasteiger partial charge in [0.05, 0.1) is 33.7 Å². The van der Waals surface area contributed by atoms with Crippen LogP contribution in [0.15, 0.2) is 0 Å². The molecule has 250 valence electrons. The van der Waals surface area contributed by atoms with E-state index in [2.05, 4.69) is 6.92 Å². The molecule has 0 aromatic carbocycles. The first-order valence-corrected chi connectivity index (χ1v) is 18.2. The predicted molar refractivity (Wildman–Crippen MR) is 167 cm³/mol. The van der Waals surface area contributed by atoms with Crippen molar-refractivity contribution in [3.63, 3.8) is 0 Å². The molecule has 0 spiro atoms. The van der Waals surface area contributed by atoms with Crippen molar-refractivity contribution in [1.82, 2.24) is 0 Å². The number of likely N-dealkylation sites (N-methyl/N-ethyl adjacent to an activating group) is 1. The number of rotatable bonds is 29. The molecular formula is C32H64NO8P. The summed E-state index contributed by atoms with van der Waals surface area (Å²) in [6, 6.07) is 0. The number of hydrogen-bond donors (Lipinski definition) is 0. The molecule has 2 atom stereocenters. The molecule has 0 aromatic heterocycles. The van der Waals surface area contributed by atoms with Crippen LogP contribution < -0.4 is 4.89 Å². The normalized spacial score (nSPS) is 14.1. The van der Waals surface area contributed by atoms with Crippen LogP contribution in [0.2, 0.25) is 0 Å². The Bertz CT molecular complexity index is 722. The zero-order valence-corrected chi connectivity index (χ0v) is 28.8. The summed E-state index contributed by atoms with van der Waals surface area (Å²) in [5.74, 6) is -1.10. The predicted octanol–water partition coefficient (Wildman–Crippen LogP) is 7.35. The van der Waals surface area contributed by atoms with Gasteiger partial charge in [-0.15, -0.1) is 0 Å². The molecule has 2 unspecified atom stereocenters. The van der Waals surface area contributed by atoms with Crippen LogP contribution in [0.4, 0.5) is 0 Å². The van der Waals surface area contributed by atoms with Crippen molar-refractivity contribution < 1.29 is 42.1 Å². The van der Waals surface area contributed by atoms with E-state index in [0.717, 1.165) is 32.1 Å². The van der Waals surface area contributed by atoms with Gasteiger partial charge in [-0.2, -0.15) is 0 Å². The lowest BCUT2D eigenvalue weighted by Crippen LogP contribution is -2.37. The Morgan fingerprint density at radius 2 is 1.21 bits per heavy atom. The SMILES string of the molecule is CCCCCCCCCCCCCCCC(=O)OCC(COP(=O)([O-])OCC[N+](C)(C)C)OC(=O)C(CCC)CCC. The number of quaternary nitrogens is 1. The molecule has 0 N–H and O–H groups in total. The maximum absolute atomic E-state index is 12.8. The molecule has 0 aliphatic heterocycles. The fraction of sp³-hybridized carbons (Fsp3) is 0.938. The maximum atomic E-state index is 12.8. The van der Waals surface area contributed by atoms with Gasteiger partial charge in [-0.1, -0.05) is 111 Å². The maximum Gasteiger partial charge on any atom is 0.309 e. The van der Waals surface area contributed by atoms with E-state index >= 15 is 0 Å². The molecule has 0 aliphatic carbocycles. The highest BCUT2D eigenvalue weighted by atomic mass is 31.2. The number of esters is 2. The number of nitrogens with zero attached hydrogens (tertiary/aromatic N) is 1. The average Bonchev–Trinajstić information content (AvgIpc) is 2.91. The molecule has 0 aliphatic rings. The van der Waals surface area contributed by atoms with Crippen molar-refractivity contribution in [1.29, 1.82) is 0 Å². The second kappa shape index (κ2) is 25.3. The van der Waals surface area contributed by atoms with Crippen molar-refractivity contribution >= 4 is 19.8 Å². The molecule has 0 saturated carbocycles. The fourth-order valence-electron chi connectivity index (χ4n) is 4.64. The average molecular weight is 622 g/mol. The van der Waals surface area contributed by atoms with Gasteiger partial charge in [-0.25, -0.2) is 0 Å². The van der Waals surface area contributed by atoms with Gasteiger partial charge in [-0.3, -0.25) is 14.2 Å². The standard InChI is InChI=1S/C32H64NO8P/c1-7-10-11-12-13-14-15-16-17-18-19-20-21-24-31(34)38-27-30(41-32(35)29(22-8-2)23-9-3)28-40-42(36,37)39-26-25-33(4,5)6/h29-30H,7-28H2,1-6H3. The second-order valence-electron chi connectivity index (χ2n) is 12.6. The van der Waals surface area contributed by atoms with E-state index < -0.39 is 26.5 Å². The fourth-order valence-corrected chi connectivity index (χ4v) is 5.37. The Hall–Kier alpha value is -0.990. The molecule has 10 heteroatoms. The molecule has 42 heavy (non-hydrogen) atoms. The zero-order valence-electron chi connectivity index (χ0n) is 27.9. The third kappa shape index (κ3) is 25.5. The molecule has 0 heterocycles. The summed E-state index contributed by atoms with van der Waals surface area (Å²) >= 11 is 0. The van der Waals surface area contributed by atoms with Crippen LogP contribution in [0.5, 0.6) is 0 Å². The summed E-state index contributed by atoms with van der Waals surface area (Å²) in [4.78, 5) is 37.4. The first-order valence-electron chi connectivity index (χ1n) is 16.7.